The van der Waals surface area contributed by atoms with Crippen molar-refractivity contribution in [2.45, 2.75) is 51.7 Å². The zero-order chi connectivity index (χ0) is 13.8. The third-order valence-corrected chi connectivity index (χ3v) is 3.29. The highest BCUT2D eigenvalue weighted by molar-refractivity contribution is 5.74. The largest absolute Gasteiger partial charge is 0.479 e. The Morgan fingerprint density at radius 3 is 2.61 bits per heavy atom. The van der Waals surface area contributed by atoms with Gasteiger partial charge in [0.15, 0.2) is 6.10 Å². The summed E-state index contributed by atoms with van der Waals surface area (Å²) < 4.78 is 0. The van der Waals surface area contributed by atoms with Crippen molar-refractivity contribution in [3.05, 3.63) is 0 Å². The minimum Gasteiger partial charge on any atom is -0.479 e. The molecule has 0 radical (unpaired) electrons. The highest BCUT2D eigenvalue weighted by Crippen LogP contribution is 2.36. The van der Waals surface area contributed by atoms with Crippen LogP contribution in [0.4, 0.5) is 4.79 Å². The number of amides is 2. The fraction of sp³-hybridized carbons (Fsp3) is 0.833. The molecule has 1 rings (SSSR count). The number of aliphatic carboxylic acids is 1. The van der Waals surface area contributed by atoms with Crippen LogP contribution in [-0.2, 0) is 4.79 Å². The molecule has 4 N–H and O–H groups in total. The summed E-state index contributed by atoms with van der Waals surface area (Å²) in [5.74, 6) is -1.27. The molecule has 2 atom stereocenters. The van der Waals surface area contributed by atoms with Crippen molar-refractivity contribution in [1.82, 2.24) is 10.6 Å². The van der Waals surface area contributed by atoms with Gasteiger partial charge in [-0.15, -0.1) is 0 Å². The molecule has 0 aliphatic heterocycles. The van der Waals surface area contributed by atoms with E-state index in [1.54, 1.807) is 0 Å². The van der Waals surface area contributed by atoms with Crippen molar-refractivity contribution in [3.8, 4) is 0 Å². The van der Waals surface area contributed by atoms with E-state index < -0.39 is 12.1 Å². The summed E-state index contributed by atoms with van der Waals surface area (Å²) in [6.45, 7) is 4.50. The van der Waals surface area contributed by atoms with E-state index >= 15 is 0 Å². The van der Waals surface area contributed by atoms with Crippen LogP contribution in [0.1, 0.15) is 39.5 Å². The van der Waals surface area contributed by atoms with E-state index in [1.165, 1.54) is 0 Å². The van der Waals surface area contributed by atoms with Crippen molar-refractivity contribution in [1.29, 1.82) is 0 Å². The number of nitrogens with one attached hydrogen (secondary N) is 2. The molecule has 6 nitrogen and oxygen atoms in total. The Morgan fingerprint density at radius 1 is 1.44 bits per heavy atom. The molecule has 0 aromatic heterocycles. The topological polar surface area (TPSA) is 98.7 Å². The Hall–Kier alpha value is -1.30. The molecule has 2 amide bonds. The summed E-state index contributed by atoms with van der Waals surface area (Å²) in [6.07, 6.45) is 1.61. The van der Waals surface area contributed by atoms with Crippen molar-refractivity contribution < 1.29 is 19.8 Å². The Balaban J connectivity index is 2.17. The van der Waals surface area contributed by atoms with Gasteiger partial charge in [-0.25, -0.2) is 9.59 Å². The lowest BCUT2D eigenvalue weighted by Gasteiger charge is -2.18. The number of carboxylic acid groups (broad SMARTS) is 1. The number of hydrogen-bond donors (Lipinski definition) is 4. The van der Waals surface area contributed by atoms with Crippen LogP contribution in [0.5, 0.6) is 0 Å². The minimum absolute atomic E-state index is 0.0128. The van der Waals surface area contributed by atoms with Gasteiger partial charge in [-0.2, -0.15) is 0 Å². The van der Waals surface area contributed by atoms with Gasteiger partial charge in [-0.1, -0.05) is 13.8 Å². The Kier molecular flexibility index (Phi) is 4.95. The molecule has 1 unspecified atom stereocenters. The predicted molar refractivity (Wildman–Crippen MR) is 66.2 cm³/mol. The standard InChI is InChI=1S/C12H22N2O4/c1-12(2)5-3-8(7-12)14-11(18)13-6-4-9(15)10(16)17/h8-9,15H,3-7H2,1-2H3,(H,16,17)(H2,13,14,18)/t8?,9-/m0/s1. The van der Waals surface area contributed by atoms with Crippen molar-refractivity contribution >= 4 is 12.0 Å². The van der Waals surface area contributed by atoms with Crippen LogP contribution in [0, 0.1) is 5.41 Å². The predicted octanol–water partition coefficient (Wildman–Crippen LogP) is 0.700. The first-order chi connectivity index (χ1) is 8.30. The normalized spacial score (nSPS) is 23.4. The molecule has 0 saturated heterocycles. The summed E-state index contributed by atoms with van der Waals surface area (Å²) in [6, 6.07) is -0.111. The van der Waals surface area contributed by atoms with Gasteiger partial charge in [0.05, 0.1) is 0 Å². The number of rotatable bonds is 5. The van der Waals surface area contributed by atoms with Crippen molar-refractivity contribution in [2.24, 2.45) is 5.41 Å². The van der Waals surface area contributed by atoms with Crippen LogP contribution in [0.3, 0.4) is 0 Å². The van der Waals surface area contributed by atoms with E-state index in [9.17, 15) is 9.59 Å². The van der Waals surface area contributed by atoms with E-state index in [4.69, 9.17) is 10.2 Å². The lowest BCUT2D eigenvalue weighted by Crippen LogP contribution is -2.42. The van der Waals surface area contributed by atoms with Crippen LogP contribution in [0.15, 0.2) is 0 Å². The van der Waals surface area contributed by atoms with Crippen LogP contribution < -0.4 is 10.6 Å². The maximum Gasteiger partial charge on any atom is 0.332 e. The number of hydrogen-bond acceptors (Lipinski definition) is 3. The van der Waals surface area contributed by atoms with Gasteiger partial charge in [0, 0.05) is 19.0 Å². The summed E-state index contributed by atoms with van der Waals surface area (Å²) >= 11 is 0. The molecule has 0 aromatic rings. The molecule has 0 aromatic carbocycles. The van der Waals surface area contributed by atoms with Gasteiger partial charge >= 0.3 is 12.0 Å². The smallest absolute Gasteiger partial charge is 0.332 e. The van der Waals surface area contributed by atoms with Crippen LogP contribution in [0.25, 0.3) is 0 Å². The molecule has 0 bridgehead atoms. The van der Waals surface area contributed by atoms with Crippen LogP contribution >= 0.6 is 0 Å². The molecule has 104 valence electrons. The summed E-state index contributed by atoms with van der Waals surface area (Å²) in [5.41, 5.74) is 0.275. The molecule has 1 aliphatic rings. The maximum atomic E-state index is 11.5. The molecule has 1 saturated carbocycles. The van der Waals surface area contributed by atoms with Gasteiger partial charge in [-0.3, -0.25) is 0 Å². The van der Waals surface area contributed by atoms with E-state index in [0.717, 1.165) is 19.3 Å². The Morgan fingerprint density at radius 2 is 2.11 bits per heavy atom. The van der Waals surface area contributed by atoms with Crippen molar-refractivity contribution in [2.75, 3.05) is 6.54 Å². The van der Waals surface area contributed by atoms with Gasteiger partial charge in [-0.05, 0) is 24.7 Å². The zero-order valence-corrected chi connectivity index (χ0v) is 10.9. The molecular weight excluding hydrogens is 236 g/mol. The lowest BCUT2D eigenvalue weighted by atomic mass is 9.92. The van der Waals surface area contributed by atoms with E-state index in [0.29, 0.717) is 0 Å². The number of aliphatic hydroxyl groups is 1. The highest BCUT2D eigenvalue weighted by atomic mass is 16.4. The first-order valence-corrected chi connectivity index (χ1v) is 6.25. The zero-order valence-electron chi connectivity index (χ0n) is 10.9. The van der Waals surface area contributed by atoms with Crippen LogP contribution in [0.2, 0.25) is 0 Å². The summed E-state index contributed by atoms with van der Waals surface area (Å²) in [7, 11) is 0. The SMILES string of the molecule is CC1(C)CCC(NC(=O)NCC[C@H](O)C(=O)O)C1. The molecule has 0 heterocycles. The number of aliphatic hydroxyl groups excluding tert-OH is 1. The molecular formula is C12H22N2O4. The second-order valence-corrected chi connectivity index (χ2v) is 5.65. The lowest BCUT2D eigenvalue weighted by molar-refractivity contribution is -0.146. The van der Waals surface area contributed by atoms with Crippen molar-refractivity contribution in [3.63, 3.8) is 0 Å². The van der Waals surface area contributed by atoms with Gasteiger partial charge in [0.25, 0.3) is 0 Å². The summed E-state index contributed by atoms with van der Waals surface area (Å²) in [5, 5.41) is 22.9. The summed E-state index contributed by atoms with van der Waals surface area (Å²) in [4.78, 5) is 21.9. The fourth-order valence-corrected chi connectivity index (χ4v) is 2.24. The first kappa shape index (κ1) is 14.8. The third-order valence-electron chi connectivity index (χ3n) is 3.29. The second-order valence-electron chi connectivity index (χ2n) is 5.65. The average Bonchev–Trinajstić information content (AvgIpc) is 2.57. The van der Waals surface area contributed by atoms with E-state index in [-0.39, 0.29) is 30.5 Å². The van der Waals surface area contributed by atoms with Crippen LogP contribution in [-0.4, -0.2) is 40.9 Å². The van der Waals surface area contributed by atoms with E-state index in [2.05, 4.69) is 24.5 Å². The molecule has 1 fully saturated rings. The Bertz CT molecular complexity index is 317. The number of urea groups is 1. The number of carboxylic acids is 1. The molecule has 18 heavy (non-hydrogen) atoms. The molecule has 1 aliphatic carbocycles. The number of carbonyl (C=O) groups is 2. The minimum atomic E-state index is -1.42. The fourth-order valence-electron chi connectivity index (χ4n) is 2.24. The highest BCUT2D eigenvalue weighted by Gasteiger charge is 2.31. The molecule has 6 heteroatoms. The second kappa shape index (κ2) is 6.04. The number of carbonyl (C=O) groups excluding carboxylic acids is 1. The van der Waals surface area contributed by atoms with Gasteiger partial charge in [0.2, 0.25) is 0 Å². The van der Waals surface area contributed by atoms with Gasteiger partial charge < -0.3 is 20.8 Å². The van der Waals surface area contributed by atoms with E-state index in [1.807, 2.05) is 0 Å². The first-order valence-electron chi connectivity index (χ1n) is 6.25. The average molecular weight is 258 g/mol. The molecule has 0 spiro atoms. The third kappa shape index (κ3) is 4.91. The maximum absolute atomic E-state index is 11.5. The van der Waals surface area contributed by atoms with Gasteiger partial charge in [0.1, 0.15) is 0 Å². The monoisotopic (exact) mass is 258 g/mol. The Labute approximate surface area is 107 Å². The quantitative estimate of drug-likeness (QED) is 0.583.